The number of pyridine rings is 1. The quantitative estimate of drug-likeness (QED) is 0.288. The molecule has 0 saturated heterocycles. The number of ether oxygens (including phenoxy) is 1. The van der Waals surface area contributed by atoms with Crippen LogP contribution in [0.1, 0.15) is 69.0 Å². The van der Waals surface area contributed by atoms with Crippen molar-refractivity contribution in [2.24, 2.45) is 0 Å². The first-order valence-electron chi connectivity index (χ1n) is 10.1. The smallest absolute Gasteiger partial charge is 0.326 e. The second-order valence-electron chi connectivity index (χ2n) is 7.71. The Morgan fingerprint density at radius 2 is 1.93 bits per heavy atom. The Morgan fingerprint density at radius 1 is 1.18 bits per heavy atom. The topological polar surface area (TPSA) is 101 Å². The van der Waals surface area contributed by atoms with Gasteiger partial charge in [0, 0.05) is 18.8 Å². The zero-order valence-corrected chi connectivity index (χ0v) is 16.2. The normalized spacial score (nSPS) is 19.6. The second-order valence-corrected chi connectivity index (χ2v) is 7.71. The average Bonchev–Trinajstić information content (AvgIpc) is 3.25. The maximum Gasteiger partial charge on any atom is 0.326 e. The van der Waals surface area contributed by atoms with E-state index in [2.05, 4.69) is 10.3 Å². The van der Waals surface area contributed by atoms with Crippen molar-refractivity contribution in [3.05, 3.63) is 35.7 Å². The van der Waals surface area contributed by atoms with Gasteiger partial charge in [-0.1, -0.05) is 25.3 Å². The molecule has 1 aromatic rings. The minimum Gasteiger partial charge on any atom is -0.461 e. The maximum absolute atomic E-state index is 13.0. The van der Waals surface area contributed by atoms with Crippen LogP contribution in [0.5, 0.6) is 0 Å². The number of rotatable bonds is 7. The molecule has 0 bridgehead atoms. The number of aromatic nitrogens is 1. The molecular formula is C21H29N3O4. The molecule has 152 valence electrons. The number of esters is 1. The minimum absolute atomic E-state index is 0.0805. The van der Waals surface area contributed by atoms with Crippen molar-refractivity contribution in [1.29, 1.82) is 0 Å². The molecule has 7 nitrogen and oxygen atoms in total. The third-order valence-corrected chi connectivity index (χ3v) is 5.67. The molecule has 0 unspecified atom stereocenters. The van der Waals surface area contributed by atoms with E-state index in [-0.39, 0.29) is 12.1 Å². The number of nitrogens with zero attached hydrogens (tertiary/aromatic N) is 1. The Kier molecular flexibility index (Phi) is 7.17. The fourth-order valence-corrected chi connectivity index (χ4v) is 3.99. The van der Waals surface area contributed by atoms with Crippen LogP contribution in [0.2, 0.25) is 0 Å². The largest absolute Gasteiger partial charge is 0.461 e. The summed E-state index contributed by atoms with van der Waals surface area (Å²) in [5.74, 6) is -0.700. The highest BCUT2D eigenvalue weighted by Gasteiger charge is 2.41. The fraction of sp³-hybridized carbons (Fsp3) is 0.571. The first kappa shape index (κ1) is 20.5. The maximum atomic E-state index is 13.0. The van der Waals surface area contributed by atoms with Gasteiger partial charge in [-0.3, -0.25) is 25.1 Å². The van der Waals surface area contributed by atoms with Gasteiger partial charge in [0.15, 0.2) is 0 Å². The number of carbonyl (C=O) groups is 2. The summed E-state index contributed by atoms with van der Waals surface area (Å²) >= 11 is 0. The van der Waals surface area contributed by atoms with Gasteiger partial charge in [0.2, 0.25) is 0 Å². The number of amides is 1. The van der Waals surface area contributed by atoms with E-state index in [1.165, 1.54) is 17.6 Å². The van der Waals surface area contributed by atoms with Gasteiger partial charge in [-0.2, -0.15) is 0 Å². The van der Waals surface area contributed by atoms with Gasteiger partial charge < -0.3 is 4.74 Å². The summed E-state index contributed by atoms with van der Waals surface area (Å²) in [5, 5.41) is 12.0. The Morgan fingerprint density at radius 3 is 2.57 bits per heavy atom. The summed E-state index contributed by atoms with van der Waals surface area (Å²) in [6, 6.07) is 3.71. The van der Waals surface area contributed by atoms with Gasteiger partial charge in [-0.25, -0.2) is 5.48 Å². The van der Waals surface area contributed by atoms with Gasteiger partial charge in [0.1, 0.15) is 11.6 Å². The van der Waals surface area contributed by atoms with E-state index < -0.39 is 11.4 Å². The third kappa shape index (κ3) is 5.39. The molecule has 0 spiro atoms. The van der Waals surface area contributed by atoms with E-state index in [4.69, 9.17) is 9.94 Å². The van der Waals surface area contributed by atoms with Crippen LogP contribution in [0.4, 0.5) is 0 Å². The molecule has 0 atom stereocenters. The zero-order chi connectivity index (χ0) is 19.8. The van der Waals surface area contributed by atoms with Crippen LogP contribution < -0.4 is 10.8 Å². The van der Waals surface area contributed by atoms with Crippen LogP contribution in [0.3, 0.4) is 0 Å². The second kappa shape index (κ2) is 9.80. The third-order valence-electron chi connectivity index (χ3n) is 5.67. The Bertz CT molecular complexity index is 690. The number of hydroxylamine groups is 1. The summed E-state index contributed by atoms with van der Waals surface area (Å²) < 4.78 is 5.84. The van der Waals surface area contributed by atoms with E-state index >= 15 is 0 Å². The summed E-state index contributed by atoms with van der Waals surface area (Å²) in [4.78, 5) is 28.3. The standard InChI is InChI=1S/C21H29N3O4/c25-19(24-27)11-10-17-9-8-16(14-22-17)15-23-21(12-4-1-5-13-21)20(26)28-18-6-2-3-7-18/h8-11,14,18,23,27H,1-7,12-13,15H2,(H,24,25). The Labute approximate surface area is 165 Å². The van der Waals surface area contributed by atoms with Gasteiger partial charge in [0.05, 0.1) is 5.69 Å². The summed E-state index contributed by atoms with van der Waals surface area (Å²) in [5.41, 5.74) is 2.51. The van der Waals surface area contributed by atoms with E-state index in [9.17, 15) is 9.59 Å². The molecule has 1 heterocycles. The number of carbonyl (C=O) groups excluding carboxylic acids is 2. The van der Waals surface area contributed by atoms with Crippen molar-refractivity contribution in [3.63, 3.8) is 0 Å². The predicted octanol–water partition coefficient (Wildman–Crippen LogP) is 2.88. The van der Waals surface area contributed by atoms with Crippen LogP contribution in [-0.4, -0.2) is 33.7 Å². The van der Waals surface area contributed by atoms with Crippen molar-refractivity contribution >= 4 is 18.0 Å². The van der Waals surface area contributed by atoms with Crippen LogP contribution in [-0.2, 0) is 20.9 Å². The van der Waals surface area contributed by atoms with Crippen LogP contribution in [0, 0.1) is 0 Å². The van der Waals surface area contributed by atoms with Crippen molar-refractivity contribution < 1.29 is 19.5 Å². The molecule has 3 N–H and O–H groups in total. The van der Waals surface area contributed by atoms with Crippen molar-refractivity contribution in [2.75, 3.05) is 0 Å². The molecule has 1 aromatic heterocycles. The lowest BCUT2D eigenvalue weighted by atomic mass is 9.81. The summed E-state index contributed by atoms with van der Waals surface area (Å²) in [6.45, 7) is 0.536. The predicted molar refractivity (Wildman–Crippen MR) is 104 cm³/mol. The zero-order valence-electron chi connectivity index (χ0n) is 16.2. The van der Waals surface area contributed by atoms with Gasteiger partial charge in [0.25, 0.3) is 5.91 Å². The minimum atomic E-state index is -0.604. The van der Waals surface area contributed by atoms with Gasteiger partial charge >= 0.3 is 5.97 Å². The summed E-state index contributed by atoms with van der Waals surface area (Å²) in [7, 11) is 0. The Balaban J connectivity index is 1.60. The van der Waals surface area contributed by atoms with Crippen LogP contribution in [0.25, 0.3) is 6.08 Å². The van der Waals surface area contributed by atoms with Crippen molar-refractivity contribution in [1.82, 2.24) is 15.8 Å². The molecule has 7 heteroatoms. The van der Waals surface area contributed by atoms with E-state index in [1.54, 1.807) is 12.3 Å². The lowest BCUT2D eigenvalue weighted by Gasteiger charge is -2.36. The molecule has 2 fully saturated rings. The Hall–Kier alpha value is -2.25. The average molecular weight is 387 g/mol. The highest BCUT2D eigenvalue weighted by atomic mass is 16.5. The fourth-order valence-electron chi connectivity index (χ4n) is 3.99. The lowest BCUT2D eigenvalue weighted by molar-refractivity contribution is -0.158. The van der Waals surface area contributed by atoms with Gasteiger partial charge in [-0.15, -0.1) is 0 Å². The molecule has 28 heavy (non-hydrogen) atoms. The molecule has 2 aliphatic rings. The molecule has 2 aliphatic carbocycles. The molecular weight excluding hydrogens is 358 g/mol. The molecule has 3 rings (SSSR count). The van der Waals surface area contributed by atoms with Crippen LogP contribution in [0.15, 0.2) is 24.4 Å². The molecule has 0 aliphatic heterocycles. The van der Waals surface area contributed by atoms with E-state index in [1.807, 2.05) is 6.07 Å². The van der Waals surface area contributed by atoms with E-state index in [0.29, 0.717) is 12.2 Å². The highest BCUT2D eigenvalue weighted by molar-refractivity contribution is 5.90. The first-order valence-corrected chi connectivity index (χ1v) is 10.1. The van der Waals surface area contributed by atoms with E-state index in [0.717, 1.165) is 63.4 Å². The van der Waals surface area contributed by atoms with Crippen molar-refractivity contribution in [2.45, 2.75) is 76.0 Å². The molecule has 2 saturated carbocycles. The molecule has 1 amide bonds. The number of nitrogens with one attached hydrogen (secondary N) is 2. The number of hydrogen-bond acceptors (Lipinski definition) is 6. The van der Waals surface area contributed by atoms with Crippen molar-refractivity contribution in [3.8, 4) is 0 Å². The SMILES string of the molecule is O=C(C=Cc1ccc(CNC2(C(=O)OC3CCCC3)CCCCC2)cn1)NO. The highest BCUT2D eigenvalue weighted by Crippen LogP contribution is 2.32. The molecule has 0 aromatic carbocycles. The summed E-state index contributed by atoms with van der Waals surface area (Å²) in [6.07, 6.45) is 13.6. The first-order chi connectivity index (χ1) is 13.6. The van der Waals surface area contributed by atoms with Crippen LogP contribution >= 0.6 is 0 Å². The monoisotopic (exact) mass is 387 g/mol. The lowest BCUT2D eigenvalue weighted by Crippen LogP contribution is -2.54. The van der Waals surface area contributed by atoms with Gasteiger partial charge in [-0.05, 0) is 56.2 Å². The number of hydrogen-bond donors (Lipinski definition) is 3. The molecule has 0 radical (unpaired) electrons.